The van der Waals surface area contributed by atoms with Gasteiger partial charge in [-0.1, -0.05) is 24.3 Å². The number of hydrogen-bond donors (Lipinski definition) is 2. The third-order valence-corrected chi connectivity index (χ3v) is 5.34. The number of ether oxygens (including phenoxy) is 2. The van der Waals surface area contributed by atoms with Crippen molar-refractivity contribution in [2.75, 3.05) is 19.0 Å². The lowest BCUT2D eigenvalue weighted by Crippen LogP contribution is -2.16. The fraction of sp³-hybridized carbons (Fsp3) is 0.130. The zero-order chi connectivity index (χ0) is 20.0. The van der Waals surface area contributed by atoms with Crippen LogP contribution in [0.25, 0.3) is 22.8 Å². The lowest BCUT2D eigenvalue weighted by atomic mass is 9.98. The van der Waals surface area contributed by atoms with Crippen molar-refractivity contribution in [1.82, 2.24) is 4.98 Å². The number of benzene rings is 2. The van der Waals surface area contributed by atoms with Crippen molar-refractivity contribution >= 4 is 29.2 Å². The van der Waals surface area contributed by atoms with Crippen molar-refractivity contribution in [2.45, 2.75) is 6.42 Å². The predicted octanol–water partition coefficient (Wildman–Crippen LogP) is 3.90. The summed E-state index contributed by atoms with van der Waals surface area (Å²) in [6.07, 6.45) is 4.09. The van der Waals surface area contributed by atoms with Crippen LogP contribution in [0.15, 0.2) is 48.7 Å². The minimum absolute atomic E-state index is 0.159. The molecule has 0 atom stereocenters. The molecule has 2 aliphatic rings. The fourth-order valence-electron chi connectivity index (χ4n) is 3.82. The number of carbonyl (C=O) groups excluding carboxylic acids is 2. The Kier molecular flexibility index (Phi) is 3.98. The lowest BCUT2D eigenvalue weighted by molar-refractivity contribution is -0.110. The molecule has 0 spiro atoms. The van der Waals surface area contributed by atoms with Gasteiger partial charge in [-0.3, -0.25) is 4.79 Å². The molecule has 6 heteroatoms. The molecule has 6 nitrogen and oxygen atoms in total. The molecule has 2 aromatic carbocycles. The second-order valence-corrected chi connectivity index (χ2v) is 6.98. The molecule has 0 bridgehead atoms. The van der Waals surface area contributed by atoms with Gasteiger partial charge in [0.15, 0.2) is 0 Å². The maximum Gasteiger partial charge on any atom is 0.339 e. The van der Waals surface area contributed by atoms with E-state index in [1.807, 2.05) is 48.5 Å². The molecule has 1 aromatic heterocycles. The van der Waals surface area contributed by atoms with Crippen LogP contribution < -0.4 is 10.1 Å². The molecular weight excluding hydrogens is 368 g/mol. The SMILES string of the molecule is COc1ccc(-c2ccc3c(c2)NC(=O)C3=Cc2[nH]cc3c2CCOC3=O)cc1. The largest absolute Gasteiger partial charge is 0.497 e. The highest BCUT2D eigenvalue weighted by Gasteiger charge is 2.27. The number of amides is 1. The molecule has 29 heavy (non-hydrogen) atoms. The highest BCUT2D eigenvalue weighted by Crippen LogP contribution is 2.37. The van der Waals surface area contributed by atoms with Crippen molar-refractivity contribution < 1.29 is 19.1 Å². The number of aromatic nitrogens is 1. The van der Waals surface area contributed by atoms with Crippen molar-refractivity contribution in [3.8, 4) is 16.9 Å². The molecule has 144 valence electrons. The highest BCUT2D eigenvalue weighted by atomic mass is 16.5. The van der Waals surface area contributed by atoms with Gasteiger partial charge < -0.3 is 19.8 Å². The van der Waals surface area contributed by atoms with Crippen LogP contribution in [0, 0.1) is 0 Å². The van der Waals surface area contributed by atoms with Gasteiger partial charge in [0.05, 0.1) is 24.9 Å². The molecular formula is C23H18N2O4. The van der Waals surface area contributed by atoms with E-state index >= 15 is 0 Å². The van der Waals surface area contributed by atoms with Crippen molar-refractivity contribution in [3.63, 3.8) is 0 Å². The zero-order valence-corrected chi connectivity index (χ0v) is 15.7. The molecule has 2 N–H and O–H groups in total. The topological polar surface area (TPSA) is 80.4 Å². The second kappa shape index (κ2) is 6.67. The molecule has 0 radical (unpaired) electrons. The van der Waals surface area contributed by atoms with Crippen molar-refractivity contribution in [1.29, 1.82) is 0 Å². The molecule has 0 unspecified atom stereocenters. The Hall–Kier alpha value is -3.80. The Morgan fingerprint density at radius 1 is 1.03 bits per heavy atom. The number of anilines is 1. The quantitative estimate of drug-likeness (QED) is 0.529. The Balaban J connectivity index is 1.51. The zero-order valence-electron chi connectivity index (χ0n) is 15.7. The number of esters is 1. The molecule has 0 aliphatic carbocycles. The van der Waals surface area contributed by atoms with Crippen LogP contribution in [-0.4, -0.2) is 30.6 Å². The number of methoxy groups -OCH3 is 1. The van der Waals surface area contributed by atoms with Gasteiger partial charge in [0, 0.05) is 29.6 Å². The van der Waals surface area contributed by atoms with Crippen molar-refractivity contribution in [2.24, 2.45) is 0 Å². The summed E-state index contributed by atoms with van der Waals surface area (Å²) in [6, 6.07) is 13.7. The summed E-state index contributed by atoms with van der Waals surface area (Å²) < 4.78 is 10.3. The molecule has 2 aliphatic heterocycles. The predicted molar refractivity (Wildman–Crippen MR) is 110 cm³/mol. The number of fused-ring (bicyclic) bond motifs is 2. The molecule has 3 heterocycles. The van der Waals surface area contributed by atoms with Crippen LogP contribution in [0.4, 0.5) is 5.69 Å². The van der Waals surface area contributed by atoms with Crippen LogP contribution in [-0.2, 0) is 16.0 Å². The van der Waals surface area contributed by atoms with Crippen LogP contribution in [0.3, 0.4) is 0 Å². The van der Waals surface area contributed by atoms with Gasteiger partial charge in [0.25, 0.3) is 5.91 Å². The Morgan fingerprint density at radius 3 is 2.62 bits per heavy atom. The summed E-state index contributed by atoms with van der Waals surface area (Å²) in [5.74, 6) is 0.313. The smallest absolute Gasteiger partial charge is 0.339 e. The van der Waals surface area contributed by atoms with E-state index in [4.69, 9.17) is 9.47 Å². The number of carbonyl (C=O) groups is 2. The van der Waals surface area contributed by atoms with E-state index in [2.05, 4.69) is 10.3 Å². The third kappa shape index (κ3) is 2.89. The Labute approximate surface area is 167 Å². The van der Waals surface area contributed by atoms with Gasteiger partial charge in [-0.25, -0.2) is 4.79 Å². The van der Waals surface area contributed by atoms with Gasteiger partial charge >= 0.3 is 5.97 Å². The van der Waals surface area contributed by atoms with E-state index in [0.717, 1.165) is 39.4 Å². The van der Waals surface area contributed by atoms with Crippen LogP contribution in [0.2, 0.25) is 0 Å². The van der Waals surface area contributed by atoms with E-state index in [1.165, 1.54) is 0 Å². The third-order valence-electron chi connectivity index (χ3n) is 5.34. The molecule has 0 saturated carbocycles. The van der Waals surface area contributed by atoms with Crippen molar-refractivity contribution in [3.05, 3.63) is 71.0 Å². The summed E-state index contributed by atoms with van der Waals surface area (Å²) in [5, 5.41) is 2.94. The van der Waals surface area contributed by atoms with Gasteiger partial charge in [0.1, 0.15) is 5.75 Å². The summed E-state index contributed by atoms with van der Waals surface area (Å²) in [7, 11) is 1.64. The minimum Gasteiger partial charge on any atom is -0.497 e. The van der Waals surface area contributed by atoms with Crippen LogP contribution >= 0.6 is 0 Å². The number of H-pyrrole nitrogens is 1. The maximum absolute atomic E-state index is 12.6. The first-order valence-corrected chi connectivity index (χ1v) is 9.33. The number of cyclic esters (lactones) is 1. The summed E-state index contributed by atoms with van der Waals surface area (Å²) in [4.78, 5) is 27.6. The van der Waals surface area contributed by atoms with E-state index in [0.29, 0.717) is 24.2 Å². The first-order valence-electron chi connectivity index (χ1n) is 9.33. The average Bonchev–Trinajstić information content (AvgIpc) is 3.30. The fourth-order valence-corrected chi connectivity index (χ4v) is 3.82. The Morgan fingerprint density at radius 2 is 1.83 bits per heavy atom. The van der Waals surface area contributed by atoms with E-state index in [1.54, 1.807) is 13.3 Å². The molecule has 0 saturated heterocycles. The molecule has 3 aromatic rings. The van der Waals surface area contributed by atoms with E-state index in [-0.39, 0.29) is 11.9 Å². The first kappa shape index (κ1) is 17.3. The summed E-state index contributed by atoms with van der Waals surface area (Å²) in [6.45, 7) is 0.355. The molecule has 0 fully saturated rings. The normalized spacial score (nSPS) is 16.2. The maximum atomic E-state index is 12.6. The number of nitrogens with one attached hydrogen (secondary N) is 2. The number of hydrogen-bond acceptors (Lipinski definition) is 4. The Bertz CT molecular complexity index is 1170. The van der Waals surface area contributed by atoms with Crippen LogP contribution in [0.5, 0.6) is 5.75 Å². The molecule has 1 amide bonds. The second-order valence-electron chi connectivity index (χ2n) is 6.98. The van der Waals surface area contributed by atoms with Crippen LogP contribution in [0.1, 0.15) is 27.2 Å². The summed E-state index contributed by atoms with van der Waals surface area (Å²) >= 11 is 0. The minimum atomic E-state index is -0.326. The monoisotopic (exact) mass is 386 g/mol. The van der Waals surface area contributed by atoms with Gasteiger partial charge in [-0.05, 0) is 41.0 Å². The lowest BCUT2D eigenvalue weighted by Gasteiger charge is -2.12. The highest BCUT2D eigenvalue weighted by molar-refractivity contribution is 6.35. The van der Waals surface area contributed by atoms with Gasteiger partial charge in [-0.15, -0.1) is 0 Å². The number of rotatable bonds is 3. The van der Waals surface area contributed by atoms with Gasteiger partial charge in [-0.2, -0.15) is 0 Å². The van der Waals surface area contributed by atoms with E-state index < -0.39 is 0 Å². The average molecular weight is 386 g/mol. The van der Waals surface area contributed by atoms with Gasteiger partial charge in [0.2, 0.25) is 0 Å². The molecule has 5 rings (SSSR count). The van der Waals surface area contributed by atoms with E-state index in [9.17, 15) is 9.59 Å². The number of aromatic amines is 1. The summed E-state index contributed by atoms with van der Waals surface area (Å²) in [5.41, 5.74) is 6.44. The standard InChI is InChI=1S/C23H18N2O4/c1-28-15-5-2-13(3-6-15)14-4-7-16-18(22(26)25-21(16)10-14)11-20-17-8-9-29-23(27)19(17)12-24-20/h2-7,10-12,24H,8-9H2,1H3,(H,25,26). The first-order chi connectivity index (χ1) is 14.1.